The highest BCUT2D eigenvalue weighted by Crippen LogP contribution is 2.30. The summed E-state index contributed by atoms with van der Waals surface area (Å²) in [6.45, 7) is 0.942. The van der Waals surface area contributed by atoms with Crippen LogP contribution in [0.15, 0.2) is 82.2 Å². The number of piperidine rings is 1. The maximum Gasteiger partial charge on any atom is 0.262 e. The van der Waals surface area contributed by atoms with Crippen LogP contribution in [0.25, 0.3) is 11.1 Å². The maximum absolute atomic E-state index is 12.7. The fourth-order valence-electron chi connectivity index (χ4n) is 3.73. The van der Waals surface area contributed by atoms with Gasteiger partial charge in [-0.1, -0.05) is 42.8 Å². The SMILES string of the molecule is O=C(COc1ccc(-c2ccccc2)cc1Br)Nc1ccc(S(=O)(=O)N2CCCCC2)cc1. The molecule has 0 aliphatic carbocycles. The van der Waals surface area contributed by atoms with Crippen molar-refractivity contribution in [2.24, 2.45) is 0 Å². The molecule has 1 aliphatic rings. The van der Waals surface area contributed by atoms with Crippen molar-refractivity contribution in [3.8, 4) is 16.9 Å². The molecule has 0 unspecified atom stereocenters. The van der Waals surface area contributed by atoms with Crippen molar-refractivity contribution in [1.29, 1.82) is 0 Å². The molecular weight excluding hydrogens is 504 g/mol. The van der Waals surface area contributed by atoms with Gasteiger partial charge in [0.25, 0.3) is 5.91 Å². The smallest absolute Gasteiger partial charge is 0.262 e. The van der Waals surface area contributed by atoms with Crippen LogP contribution in [0.3, 0.4) is 0 Å². The van der Waals surface area contributed by atoms with Crippen LogP contribution in [-0.2, 0) is 14.8 Å². The van der Waals surface area contributed by atoms with E-state index in [-0.39, 0.29) is 17.4 Å². The Morgan fingerprint density at radius 1 is 0.909 bits per heavy atom. The normalized spacial score (nSPS) is 14.6. The zero-order valence-electron chi connectivity index (χ0n) is 18.0. The van der Waals surface area contributed by atoms with Crippen molar-refractivity contribution in [3.63, 3.8) is 0 Å². The second kappa shape index (κ2) is 10.5. The number of halogens is 1. The molecule has 8 heteroatoms. The molecule has 33 heavy (non-hydrogen) atoms. The highest BCUT2D eigenvalue weighted by molar-refractivity contribution is 9.10. The molecule has 0 bridgehead atoms. The van der Waals surface area contributed by atoms with Gasteiger partial charge in [-0.3, -0.25) is 4.79 Å². The average Bonchev–Trinajstić information content (AvgIpc) is 2.84. The van der Waals surface area contributed by atoms with Crippen molar-refractivity contribution >= 4 is 37.5 Å². The number of carbonyl (C=O) groups excluding carboxylic acids is 1. The highest BCUT2D eigenvalue weighted by atomic mass is 79.9. The Bertz CT molecular complexity index is 1210. The molecule has 1 aliphatic heterocycles. The number of hydrogen-bond donors (Lipinski definition) is 1. The van der Waals surface area contributed by atoms with E-state index >= 15 is 0 Å². The van der Waals surface area contributed by atoms with Gasteiger partial charge in [0.05, 0.1) is 9.37 Å². The zero-order valence-corrected chi connectivity index (χ0v) is 20.4. The number of sulfonamides is 1. The van der Waals surface area contributed by atoms with Crippen LogP contribution in [0.1, 0.15) is 19.3 Å². The van der Waals surface area contributed by atoms with Gasteiger partial charge in [0, 0.05) is 18.8 Å². The summed E-state index contributed by atoms with van der Waals surface area (Å²) in [5, 5.41) is 2.74. The summed E-state index contributed by atoms with van der Waals surface area (Å²) in [6.07, 6.45) is 2.84. The van der Waals surface area contributed by atoms with Crippen molar-refractivity contribution in [1.82, 2.24) is 4.31 Å². The summed E-state index contributed by atoms with van der Waals surface area (Å²) in [6, 6.07) is 21.9. The molecule has 172 valence electrons. The summed E-state index contributed by atoms with van der Waals surface area (Å²) in [5.41, 5.74) is 2.65. The lowest BCUT2D eigenvalue weighted by Crippen LogP contribution is -2.35. The molecule has 3 aromatic rings. The first-order valence-corrected chi connectivity index (χ1v) is 13.0. The first-order chi connectivity index (χ1) is 15.9. The fraction of sp³-hybridized carbons (Fsp3) is 0.240. The number of nitrogens with zero attached hydrogens (tertiary/aromatic N) is 1. The van der Waals surface area contributed by atoms with Gasteiger partial charge in [-0.05, 0) is 76.3 Å². The standard InChI is InChI=1S/C25H25BrN2O4S/c26-23-17-20(19-7-3-1-4-8-19)9-14-24(23)32-18-25(29)27-21-10-12-22(13-11-21)33(30,31)28-15-5-2-6-16-28/h1,3-4,7-14,17H,2,5-6,15-16,18H2,(H,27,29). The summed E-state index contributed by atoms with van der Waals surface area (Å²) in [5.74, 6) is 0.230. The molecule has 0 saturated carbocycles. The van der Waals surface area contributed by atoms with Gasteiger partial charge in [0.1, 0.15) is 5.75 Å². The van der Waals surface area contributed by atoms with Crippen molar-refractivity contribution < 1.29 is 17.9 Å². The van der Waals surface area contributed by atoms with Gasteiger partial charge < -0.3 is 10.1 Å². The number of hydrogen-bond acceptors (Lipinski definition) is 4. The lowest BCUT2D eigenvalue weighted by molar-refractivity contribution is -0.118. The Kier molecular flexibility index (Phi) is 7.47. The number of ether oxygens (including phenoxy) is 1. The fourth-order valence-corrected chi connectivity index (χ4v) is 5.74. The quantitative estimate of drug-likeness (QED) is 0.450. The van der Waals surface area contributed by atoms with Crippen LogP contribution in [0, 0.1) is 0 Å². The summed E-state index contributed by atoms with van der Waals surface area (Å²) in [4.78, 5) is 12.6. The molecule has 6 nitrogen and oxygen atoms in total. The predicted octanol–water partition coefficient (Wildman–Crippen LogP) is 5.31. The van der Waals surface area contributed by atoms with Crippen molar-refractivity contribution in [3.05, 3.63) is 77.3 Å². The molecule has 1 fully saturated rings. The Morgan fingerprint density at radius 3 is 2.27 bits per heavy atom. The van der Waals surface area contributed by atoms with E-state index in [4.69, 9.17) is 4.74 Å². The lowest BCUT2D eigenvalue weighted by Gasteiger charge is -2.25. The van der Waals surface area contributed by atoms with E-state index < -0.39 is 10.0 Å². The van der Waals surface area contributed by atoms with E-state index in [0.717, 1.165) is 34.9 Å². The van der Waals surface area contributed by atoms with E-state index in [1.54, 1.807) is 12.1 Å². The van der Waals surface area contributed by atoms with Gasteiger partial charge in [0.2, 0.25) is 10.0 Å². The summed E-state index contributed by atoms with van der Waals surface area (Å²) in [7, 11) is -3.49. The molecule has 3 aromatic carbocycles. The van der Waals surface area contributed by atoms with Crippen LogP contribution in [0.2, 0.25) is 0 Å². The van der Waals surface area contributed by atoms with Gasteiger partial charge in [-0.15, -0.1) is 0 Å². The number of amides is 1. The predicted molar refractivity (Wildman–Crippen MR) is 133 cm³/mol. The van der Waals surface area contributed by atoms with Gasteiger partial charge >= 0.3 is 0 Å². The topological polar surface area (TPSA) is 75.7 Å². The Balaban J connectivity index is 1.33. The van der Waals surface area contributed by atoms with E-state index in [1.165, 1.54) is 16.4 Å². The lowest BCUT2D eigenvalue weighted by atomic mass is 10.1. The monoisotopic (exact) mass is 528 g/mol. The van der Waals surface area contributed by atoms with Crippen LogP contribution < -0.4 is 10.1 Å². The second-order valence-electron chi connectivity index (χ2n) is 7.84. The molecule has 4 rings (SSSR count). The first kappa shape index (κ1) is 23.5. The van der Waals surface area contributed by atoms with Crippen LogP contribution in [-0.4, -0.2) is 38.3 Å². The van der Waals surface area contributed by atoms with E-state index in [2.05, 4.69) is 21.2 Å². The van der Waals surface area contributed by atoms with E-state index in [0.29, 0.717) is 24.5 Å². The minimum Gasteiger partial charge on any atom is -0.483 e. The average molecular weight is 529 g/mol. The van der Waals surface area contributed by atoms with E-state index in [9.17, 15) is 13.2 Å². The molecule has 1 saturated heterocycles. The molecule has 0 atom stereocenters. The van der Waals surface area contributed by atoms with E-state index in [1.807, 2.05) is 48.5 Å². The Hall–Kier alpha value is -2.68. The molecular formula is C25H25BrN2O4S. The molecule has 0 radical (unpaired) electrons. The molecule has 1 N–H and O–H groups in total. The minimum absolute atomic E-state index is 0.170. The third-order valence-corrected chi connectivity index (χ3v) is 8.02. The van der Waals surface area contributed by atoms with Gasteiger partial charge in [-0.25, -0.2) is 8.42 Å². The largest absolute Gasteiger partial charge is 0.483 e. The van der Waals surface area contributed by atoms with Gasteiger partial charge in [0.15, 0.2) is 6.61 Å². The minimum atomic E-state index is -3.49. The third-order valence-electron chi connectivity index (χ3n) is 5.49. The first-order valence-electron chi connectivity index (χ1n) is 10.8. The zero-order chi connectivity index (χ0) is 23.3. The number of benzene rings is 3. The highest BCUT2D eigenvalue weighted by Gasteiger charge is 2.25. The number of carbonyl (C=O) groups is 1. The summed E-state index contributed by atoms with van der Waals surface area (Å²) >= 11 is 3.50. The number of nitrogens with one attached hydrogen (secondary N) is 1. The maximum atomic E-state index is 12.7. The molecule has 0 aromatic heterocycles. The third kappa shape index (κ3) is 5.82. The van der Waals surface area contributed by atoms with Crippen LogP contribution in [0.4, 0.5) is 5.69 Å². The summed E-state index contributed by atoms with van der Waals surface area (Å²) < 4.78 is 33.4. The van der Waals surface area contributed by atoms with Crippen molar-refractivity contribution in [2.75, 3.05) is 25.0 Å². The van der Waals surface area contributed by atoms with Crippen LogP contribution in [0.5, 0.6) is 5.75 Å². The molecule has 1 heterocycles. The molecule has 1 amide bonds. The van der Waals surface area contributed by atoms with Gasteiger partial charge in [-0.2, -0.15) is 4.31 Å². The molecule has 0 spiro atoms. The van der Waals surface area contributed by atoms with Crippen molar-refractivity contribution in [2.45, 2.75) is 24.2 Å². The second-order valence-corrected chi connectivity index (χ2v) is 10.6. The number of anilines is 1. The Morgan fingerprint density at radius 2 is 1.61 bits per heavy atom. The van der Waals surface area contributed by atoms with Crippen LogP contribution >= 0.6 is 15.9 Å². The number of rotatable bonds is 7. The Labute approximate surface area is 202 Å².